The Kier molecular flexibility index (Phi) is 7.84. The molecule has 0 radical (unpaired) electrons. The number of rotatable bonds is 7. The molecule has 1 fully saturated rings. The van der Waals surface area contributed by atoms with Gasteiger partial charge >= 0.3 is 6.03 Å². The quantitative estimate of drug-likeness (QED) is 0.575. The lowest BCUT2D eigenvalue weighted by Crippen LogP contribution is -2.32. The van der Waals surface area contributed by atoms with Gasteiger partial charge in [-0.2, -0.15) is 0 Å². The fourth-order valence-electron chi connectivity index (χ4n) is 3.16. The van der Waals surface area contributed by atoms with Gasteiger partial charge in [0, 0.05) is 48.3 Å². The van der Waals surface area contributed by atoms with Crippen LogP contribution in [0.15, 0.2) is 53.0 Å². The van der Waals surface area contributed by atoms with Crippen molar-refractivity contribution in [3.63, 3.8) is 0 Å². The van der Waals surface area contributed by atoms with Crippen molar-refractivity contribution in [2.24, 2.45) is 0 Å². The van der Waals surface area contributed by atoms with E-state index in [9.17, 15) is 14.4 Å². The van der Waals surface area contributed by atoms with E-state index in [-0.39, 0.29) is 30.8 Å². The van der Waals surface area contributed by atoms with E-state index in [1.165, 1.54) is 0 Å². The Morgan fingerprint density at radius 2 is 1.70 bits per heavy atom. The summed E-state index contributed by atoms with van der Waals surface area (Å²) in [6, 6.07) is 14.4. The van der Waals surface area contributed by atoms with Gasteiger partial charge in [0.1, 0.15) is 0 Å². The molecule has 158 valence electrons. The number of anilines is 1. The van der Waals surface area contributed by atoms with Gasteiger partial charge in [-0.1, -0.05) is 28.1 Å². The van der Waals surface area contributed by atoms with Crippen molar-refractivity contribution in [1.29, 1.82) is 0 Å². The number of hydrogen-bond acceptors (Lipinski definition) is 3. The molecule has 2 aromatic carbocycles. The minimum absolute atomic E-state index is 0.0878. The van der Waals surface area contributed by atoms with Crippen molar-refractivity contribution in [3.8, 4) is 0 Å². The first-order chi connectivity index (χ1) is 14.5. The summed E-state index contributed by atoms with van der Waals surface area (Å²) < 4.78 is 0.901. The summed E-state index contributed by atoms with van der Waals surface area (Å²) in [5.41, 5.74) is 2.15. The van der Waals surface area contributed by atoms with E-state index in [1.807, 2.05) is 24.3 Å². The van der Waals surface area contributed by atoms with Gasteiger partial charge in [0.25, 0.3) is 5.91 Å². The Hall–Kier alpha value is -2.87. The van der Waals surface area contributed by atoms with Crippen LogP contribution in [0.2, 0.25) is 0 Å². The zero-order valence-electron chi connectivity index (χ0n) is 16.6. The van der Waals surface area contributed by atoms with Crippen molar-refractivity contribution >= 4 is 39.5 Å². The number of hydrogen-bond donors (Lipinski definition) is 3. The van der Waals surface area contributed by atoms with Gasteiger partial charge in [0.15, 0.2) is 0 Å². The molecule has 2 aromatic rings. The molecule has 4 amide bonds. The summed E-state index contributed by atoms with van der Waals surface area (Å²) in [4.78, 5) is 38.1. The lowest BCUT2D eigenvalue weighted by molar-refractivity contribution is -0.121. The third kappa shape index (κ3) is 6.59. The van der Waals surface area contributed by atoms with Crippen LogP contribution >= 0.6 is 15.9 Å². The Morgan fingerprint density at radius 3 is 2.43 bits per heavy atom. The fraction of sp³-hybridized carbons (Fsp3) is 0.318. The molecular weight excluding hydrogens is 448 g/mol. The number of urea groups is 1. The van der Waals surface area contributed by atoms with Crippen LogP contribution in [-0.4, -0.2) is 42.4 Å². The smallest absolute Gasteiger partial charge is 0.321 e. The van der Waals surface area contributed by atoms with Gasteiger partial charge in [-0.3, -0.25) is 9.59 Å². The minimum atomic E-state index is -0.211. The molecule has 8 heteroatoms. The number of nitrogens with zero attached hydrogens (tertiary/aromatic N) is 1. The highest BCUT2D eigenvalue weighted by molar-refractivity contribution is 9.10. The van der Waals surface area contributed by atoms with E-state index in [0.29, 0.717) is 17.8 Å². The van der Waals surface area contributed by atoms with Crippen LogP contribution in [0.5, 0.6) is 0 Å². The van der Waals surface area contributed by atoms with Crippen LogP contribution < -0.4 is 16.0 Å². The average molecular weight is 473 g/mol. The number of carbonyl (C=O) groups is 3. The van der Waals surface area contributed by atoms with E-state index in [1.54, 1.807) is 29.2 Å². The van der Waals surface area contributed by atoms with Crippen LogP contribution in [0.1, 0.15) is 35.2 Å². The average Bonchev–Trinajstić information content (AvgIpc) is 3.28. The second-order valence-corrected chi connectivity index (χ2v) is 8.03. The van der Waals surface area contributed by atoms with Gasteiger partial charge in [0.05, 0.1) is 0 Å². The highest BCUT2D eigenvalue weighted by Crippen LogP contribution is 2.14. The van der Waals surface area contributed by atoms with E-state index < -0.39 is 0 Å². The number of halogens is 1. The van der Waals surface area contributed by atoms with Gasteiger partial charge in [-0.05, 0) is 54.8 Å². The molecular formula is C22H25BrN4O3. The lowest BCUT2D eigenvalue weighted by atomic mass is 10.2. The predicted octanol–water partition coefficient (Wildman–Crippen LogP) is 3.51. The Labute approximate surface area is 184 Å². The Balaban J connectivity index is 1.39. The number of nitrogens with one attached hydrogen (secondary N) is 3. The maximum Gasteiger partial charge on any atom is 0.321 e. The summed E-state index contributed by atoms with van der Waals surface area (Å²) in [5, 5.41) is 8.48. The number of carbonyl (C=O) groups excluding carboxylic acids is 3. The molecule has 1 heterocycles. The molecule has 0 bridgehead atoms. The first-order valence-corrected chi connectivity index (χ1v) is 10.8. The highest BCUT2D eigenvalue weighted by atomic mass is 79.9. The van der Waals surface area contributed by atoms with Gasteiger partial charge in [0.2, 0.25) is 5.91 Å². The standard InChI is InChI=1S/C22H25BrN4O3/c23-18-8-6-17(7-9-18)21(29)24-11-10-20(28)25-15-16-4-3-5-19(14-16)26-22(30)27-12-1-2-13-27/h3-9,14H,1-2,10-13,15H2,(H,24,29)(H,25,28)(H,26,30). The summed E-state index contributed by atoms with van der Waals surface area (Å²) in [5.74, 6) is -0.366. The van der Waals surface area contributed by atoms with Crippen LogP contribution in [0.4, 0.5) is 10.5 Å². The third-order valence-corrected chi connectivity index (χ3v) is 5.33. The van der Waals surface area contributed by atoms with Crippen molar-refractivity contribution < 1.29 is 14.4 Å². The summed E-state index contributed by atoms with van der Waals surface area (Å²) in [7, 11) is 0. The monoisotopic (exact) mass is 472 g/mol. The van der Waals surface area contributed by atoms with E-state index in [2.05, 4.69) is 31.9 Å². The van der Waals surface area contributed by atoms with Crippen molar-refractivity contribution in [3.05, 3.63) is 64.1 Å². The number of benzene rings is 2. The minimum Gasteiger partial charge on any atom is -0.352 e. The molecule has 3 N–H and O–H groups in total. The zero-order chi connectivity index (χ0) is 21.3. The summed E-state index contributed by atoms with van der Waals surface area (Å²) >= 11 is 3.33. The number of likely N-dealkylation sites (tertiary alicyclic amines) is 1. The predicted molar refractivity (Wildman–Crippen MR) is 119 cm³/mol. The molecule has 7 nitrogen and oxygen atoms in total. The largest absolute Gasteiger partial charge is 0.352 e. The first kappa shape index (κ1) is 21.8. The fourth-order valence-corrected chi connectivity index (χ4v) is 3.43. The summed E-state index contributed by atoms with van der Waals surface area (Å²) in [6.45, 7) is 2.19. The maximum absolute atomic E-state index is 12.2. The maximum atomic E-state index is 12.2. The molecule has 1 aliphatic rings. The zero-order valence-corrected chi connectivity index (χ0v) is 18.2. The van der Waals surface area contributed by atoms with Crippen molar-refractivity contribution in [2.45, 2.75) is 25.8 Å². The Bertz CT molecular complexity index is 896. The van der Waals surface area contributed by atoms with Crippen LogP contribution in [-0.2, 0) is 11.3 Å². The molecule has 0 unspecified atom stereocenters. The van der Waals surface area contributed by atoms with E-state index >= 15 is 0 Å². The SMILES string of the molecule is O=C(CCNC(=O)c1ccc(Br)cc1)NCc1cccc(NC(=O)N2CCCC2)c1. The van der Waals surface area contributed by atoms with E-state index in [4.69, 9.17) is 0 Å². The van der Waals surface area contributed by atoms with Crippen LogP contribution in [0, 0.1) is 0 Å². The number of amides is 4. The molecule has 0 aromatic heterocycles. The molecule has 1 aliphatic heterocycles. The van der Waals surface area contributed by atoms with Crippen LogP contribution in [0.3, 0.4) is 0 Å². The van der Waals surface area contributed by atoms with Gasteiger partial charge in [-0.15, -0.1) is 0 Å². The molecule has 0 aliphatic carbocycles. The second-order valence-electron chi connectivity index (χ2n) is 7.11. The third-order valence-electron chi connectivity index (χ3n) is 4.81. The van der Waals surface area contributed by atoms with Crippen molar-refractivity contribution in [1.82, 2.24) is 15.5 Å². The Morgan fingerprint density at radius 1 is 0.967 bits per heavy atom. The first-order valence-electron chi connectivity index (χ1n) is 9.96. The van der Waals surface area contributed by atoms with Crippen molar-refractivity contribution in [2.75, 3.05) is 25.0 Å². The van der Waals surface area contributed by atoms with E-state index in [0.717, 1.165) is 36.0 Å². The molecule has 1 saturated heterocycles. The van der Waals surface area contributed by atoms with Gasteiger partial charge in [-0.25, -0.2) is 4.79 Å². The van der Waals surface area contributed by atoms with Crippen LogP contribution in [0.25, 0.3) is 0 Å². The molecule has 0 atom stereocenters. The van der Waals surface area contributed by atoms with Gasteiger partial charge < -0.3 is 20.9 Å². The second kappa shape index (κ2) is 10.8. The summed E-state index contributed by atoms with van der Waals surface area (Å²) in [6.07, 6.45) is 2.28. The lowest BCUT2D eigenvalue weighted by Gasteiger charge is -2.16. The molecule has 0 saturated carbocycles. The highest BCUT2D eigenvalue weighted by Gasteiger charge is 2.17. The normalized spacial score (nSPS) is 13.0. The molecule has 3 rings (SSSR count). The topological polar surface area (TPSA) is 90.5 Å². The molecule has 0 spiro atoms. The molecule has 30 heavy (non-hydrogen) atoms.